The summed E-state index contributed by atoms with van der Waals surface area (Å²) in [6.45, 7) is 1.80. The van der Waals surface area contributed by atoms with Gasteiger partial charge in [-0.1, -0.05) is 0 Å². The standard InChI is InChI=1S/C8H7FN2S/c1-6(11-5-12)7-2-8(9)4-10-3-7/h2-4,6H,1H3/t6-/m0/s1. The summed E-state index contributed by atoms with van der Waals surface area (Å²) in [6.07, 6.45) is 2.71. The van der Waals surface area contributed by atoms with Crippen LogP contribution in [-0.4, -0.2) is 10.1 Å². The first-order chi connectivity index (χ1) is 5.74. The predicted molar refractivity (Wildman–Crippen MR) is 47.6 cm³/mol. The van der Waals surface area contributed by atoms with Crippen LogP contribution >= 0.6 is 12.2 Å². The first kappa shape index (κ1) is 8.97. The monoisotopic (exact) mass is 182 g/mol. The van der Waals surface area contributed by atoms with Gasteiger partial charge in [0, 0.05) is 6.20 Å². The van der Waals surface area contributed by atoms with Gasteiger partial charge >= 0.3 is 0 Å². The molecule has 4 heteroatoms. The van der Waals surface area contributed by atoms with Crippen LogP contribution in [0.3, 0.4) is 0 Å². The molecule has 0 amide bonds. The zero-order chi connectivity index (χ0) is 8.97. The highest BCUT2D eigenvalue weighted by Gasteiger charge is 2.03. The minimum atomic E-state index is -0.362. The summed E-state index contributed by atoms with van der Waals surface area (Å²) in [5, 5.41) is 2.24. The number of halogens is 1. The van der Waals surface area contributed by atoms with Gasteiger partial charge in [0.05, 0.1) is 17.4 Å². The molecule has 1 rings (SSSR count). The van der Waals surface area contributed by atoms with Gasteiger partial charge in [0.2, 0.25) is 0 Å². The van der Waals surface area contributed by atoms with E-state index in [-0.39, 0.29) is 11.9 Å². The summed E-state index contributed by atoms with van der Waals surface area (Å²) in [5.41, 5.74) is 0.701. The van der Waals surface area contributed by atoms with Crippen molar-refractivity contribution in [3.8, 4) is 0 Å². The molecule has 0 aromatic carbocycles. The molecule has 62 valence electrons. The Morgan fingerprint density at radius 3 is 3.00 bits per heavy atom. The molecule has 0 fully saturated rings. The summed E-state index contributed by atoms with van der Waals surface area (Å²) in [6, 6.07) is 1.21. The summed E-state index contributed by atoms with van der Waals surface area (Å²) in [5.74, 6) is -0.362. The number of hydrogen-bond acceptors (Lipinski definition) is 3. The van der Waals surface area contributed by atoms with Gasteiger partial charge in [0.15, 0.2) is 0 Å². The molecule has 0 radical (unpaired) electrons. The highest BCUT2D eigenvalue weighted by atomic mass is 32.1. The molecule has 0 unspecified atom stereocenters. The van der Waals surface area contributed by atoms with Gasteiger partial charge in [-0.25, -0.2) is 9.38 Å². The number of hydrogen-bond donors (Lipinski definition) is 0. The van der Waals surface area contributed by atoms with Gasteiger partial charge in [0.25, 0.3) is 0 Å². The third-order valence-electron chi connectivity index (χ3n) is 1.45. The fraction of sp³-hybridized carbons (Fsp3) is 0.250. The Kier molecular flexibility index (Phi) is 3.02. The summed E-state index contributed by atoms with van der Waals surface area (Å²) >= 11 is 4.43. The second kappa shape index (κ2) is 4.04. The highest BCUT2D eigenvalue weighted by molar-refractivity contribution is 7.78. The Hall–Kier alpha value is -1.12. The maximum Gasteiger partial charge on any atom is 0.141 e. The highest BCUT2D eigenvalue weighted by Crippen LogP contribution is 2.14. The molecule has 0 aliphatic rings. The van der Waals surface area contributed by atoms with Crippen LogP contribution in [0.1, 0.15) is 18.5 Å². The third kappa shape index (κ3) is 2.19. The number of isothiocyanates is 1. The topological polar surface area (TPSA) is 25.2 Å². The number of thiocarbonyl (C=S) groups is 1. The van der Waals surface area contributed by atoms with Crippen LogP contribution in [-0.2, 0) is 0 Å². The number of pyridine rings is 1. The lowest BCUT2D eigenvalue weighted by molar-refractivity contribution is 0.615. The van der Waals surface area contributed by atoms with Crippen LogP contribution in [0.5, 0.6) is 0 Å². The maximum absolute atomic E-state index is 12.6. The molecule has 0 spiro atoms. The first-order valence-corrected chi connectivity index (χ1v) is 3.82. The molecule has 1 aromatic heterocycles. The van der Waals surface area contributed by atoms with Crippen molar-refractivity contribution in [2.45, 2.75) is 13.0 Å². The molecule has 1 atom stereocenters. The van der Waals surface area contributed by atoms with Crippen LogP contribution < -0.4 is 0 Å². The molecule has 2 nitrogen and oxygen atoms in total. The van der Waals surface area contributed by atoms with E-state index in [2.05, 4.69) is 27.4 Å². The predicted octanol–water partition coefficient (Wildman–Crippen LogP) is 2.38. The molecular formula is C8H7FN2S. The Morgan fingerprint density at radius 1 is 1.67 bits per heavy atom. The molecule has 12 heavy (non-hydrogen) atoms. The number of rotatable bonds is 2. The average molecular weight is 182 g/mol. The zero-order valence-electron chi connectivity index (χ0n) is 6.49. The van der Waals surface area contributed by atoms with Crippen LogP contribution in [0.4, 0.5) is 4.39 Å². The summed E-state index contributed by atoms with van der Waals surface area (Å²) < 4.78 is 12.6. The van der Waals surface area contributed by atoms with Crippen molar-refractivity contribution in [1.82, 2.24) is 4.98 Å². The number of aliphatic imine (C=N–C) groups is 1. The van der Waals surface area contributed by atoms with E-state index in [0.717, 1.165) is 6.20 Å². The van der Waals surface area contributed by atoms with E-state index >= 15 is 0 Å². The molecule has 0 saturated heterocycles. The second-order valence-electron chi connectivity index (χ2n) is 2.33. The lowest BCUT2D eigenvalue weighted by atomic mass is 10.1. The van der Waals surface area contributed by atoms with Gasteiger partial charge in [-0.15, -0.1) is 0 Å². The van der Waals surface area contributed by atoms with E-state index in [9.17, 15) is 4.39 Å². The molecule has 0 bridgehead atoms. The summed E-state index contributed by atoms with van der Waals surface area (Å²) in [4.78, 5) is 7.48. The smallest absolute Gasteiger partial charge is 0.141 e. The Morgan fingerprint density at radius 2 is 2.42 bits per heavy atom. The SMILES string of the molecule is C[C@H](N=C=S)c1cncc(F)c1. The van der Waals surface area contributed by atoms with Gasteiger partial charge in [0.1, 0.15) is 5.82 Å². The Balaban J connectivity index is 2.94. The van der Waals surface area contributed by atoms with Crippen molar-refractivity contribution < 1.29 is 4.39 Å². The Bertz CT molecular complexity index is 321. The lowest BCUT2D eigenvalue weighted by Gasteiger charge is -2.02. The van der Waals surface area contributed by atoms with E-state index in [1.807, 2.05) is 0 Å². The lowest BCUT2D eigenvalue weighted by Crippen LogP contribution is -1.91. The van der Waals surface area contributed by atoms with Gasteiger partial charge in [-0.2, -0.15) is 0 Å². The van der Waals surface area contributed by atoms with E-state index in [1.54, 1.807) is 13.1 Å². The molecule has 0 saturated carbocycles. The third-order valence-corrected chi connectivity index (χ3v) is 1.56. The van der Waals surface area contributed by atoms with Crippen molar-refractivity contribution >= 4 is 17.4 Å². The zero-order valence-corrected chi connectivity index (χ0v) is 7.31. The van der Waals surface area contributed by atoms with Gasteiger partial charge in [-0.05, 0) is 30.8 Å². The van der Waals surface area contributed by atoms with E-state index in [4.69, 9.17) is 0 Å². The second-order valence-corrected chi connectivity index (χ2v) is 2.52. The van der Waals surface area contributed by atoms with Crippen molar-refractivity contribution in [2.75, 3.05) is 0 Å². The van der Waals surface area contributed by atoms with Crippen LogP contribution in [0, 0.1) is 5.82 Å². The number of nitrogens with zero attached hydrogens (tertiary/aromatic N) is 2. The Labute approximate surface area is 75.2 Å². The first-order valence-electron chi connectivity index (χ1n) is 3.41. The molecule has 0 aliphatic heterocycles. The quantitative estimate of drug-likeness (QED) is 0.518. The van der Waals surface area contributed by atoms with Crippen LogP contribution in [0.2, 0.25) is 0 Å². The molecular weight excluding hydrogens is 175 g/mol. The maximum atomic E-state index is 12.6. The molecule has 0 N–H and O–H groups in total. The molecule has 1 heterocycles. The largest absolute Gasteiger partial charge is 0.261 e. The normalized spacial score (nSPS) is 11.8. The van der Waals surface area contributed by atoms with Gasteiger partial charge in [-0.3, -0.25) is 4.98 Å². The van der Waals surface area contributed by atoms with Crippen molar-refractivity contribution in [3.63, 3.8) is 0 Å². The van der Waals surface area contributed by atoms with Crippen molar-refractivity contribution in [3.05, 3.63) is 29.8 Å². The average Bonchev–Trinajstić information content (AvgIpc) is 2.05. The van der Waals surface area contributed by atoms with Crippen LogP contribution in [0.25, 0.3) is 0 Å². The van der Waals surface area contributed by atoms with Gasteiger partial charge < -0.3 is 0 Å². The summed E-state index contributed by atoms with van der Waals surface area (Å²) in [7, 11) is 0. The van der Waals surface area contributed by atoms with E-state index < -0.39 is 0 Å². The van der Waals surface area contributed by atoms with Crippen molar-refractivity contribution in [1.29, 1.82) is 0 Å². The fourth-order valence-electron chi connectivity index (χ4n) is 0.810. The van der Waals surface area contributed by atoms with E-state index in [0.29, 0.717) is 5.56 Å². The number of aromatic nitrogens is 1. The van der Waals surface area contributed by atoms with E-state index in [1.165, 1.54) is 6.07 Å². The minimum absolute atomic E-state index is 0.175. The molecule has 1 aromatic rings. The van der Waals surface area contributed by atoms with Crippen LogP contribution in [0.15, 0.2) is 23.5 Å². The van der Waals surface area contributed by atoms with Crippen molar-refractivity contribution in [2.24, 2.45) is 4.99 Å². The molecule has 0 aliphatic carbocycles. The minimum Gasteiger partial charge on any atom is -0.261 e. The fourth-order valence-corrected chi connectivity index (χ4v) is 0.968.